The number of hydrogen-bond acceptors (Lipinski definition) is 4. The van der Waals surface area contributed by atoms with Crippen molar-refractivity contribution in [2.45, 2.75) is 39.8 Å². The smallest absolute Gasteiger partial charge is 0.250 e. The Bertz CT molecular complexity index is 1570. The van der Waals surface area contributed by atoms with Gasteiger partial charge in [-0.15, -0.1) is 0 Å². The fourth-order valence-corrected chi connectivity index (χ4v) is 6.15. The average molecular weight is 574 g/mol. The van der Waals surface area contributed by atoms with Crippen molar-refractivity contribution in [2.75, 3.05) is 23.9 Å². The first-order valence-corrected chi connectivity index (χ1v) is 13.8. The Morgan fingerprint density at radius 1 is 1.05 bits per heavy atom. The molecule has 4 aromatic rings. The Balaban J connectivity index is 1.62. The van der Waals surface area contributed by atoms with Crippen molar-refractivity contribution in [3.8, 4) is 5.69 Å². The third-order valence-electron chi connectivity index (χ3n) is 7.13. The van der Waals surface area contributed by atoms with Gasteiger partial charge in [-0.1, -0.05) is 23.7 Å². The molecule has 0 unspecified atom stereocenters. The molecule has 1 saturated heterocycles. The van der Waals surface area contributed by atoms with Crippen molar-refractivity contribution in [3.05, 3.63) is 106 Å². The summed E-state index contributed by atoms with van der Waals surface area (Å²) in [6, 6.07) is 19.9. The maximum absolute atomic E-state index is 12.1. The quantitative estimate of drug-likeness (QED) is 0.245. The van der Waals surface area contributed by atoms with Crippen LogP contribution in [0.5, 0.6) is 0 Å². The summed E-state index contributed by atoms with van der Waals surface area (Å²) in [4.78, 5) is 18.9. The SMILES string of the molecule is COCC(=O)Nc1ccc(N2C(=S)N[C@H](c3ccccn3)[C@H]2c2cc(C)n(-c3cc(C)cc(C)c3)c2C)cc1Cl. The fourth-order valence-electron chi connectivity index (χ4n) is 5.59. The number of anilines is 2. The molecule has 0 aliphatic carbocycles. The number of methoxy groups -OCH3 is 1. The molecule has 0 bridgehead atoms. The van der Waals surface area contributed by atoms with Crippen LogP contribution in [-0.4, -0.2) is 34.3 Å². The number of nitrogens with zero attached hydrogens (tertiary/aromatic N) is 3. The highest BCUT2D eigenvalue weighted by molar-refractivity contribution is 7.80. The van der Waals surface area contributed by atoms with Gasteiger partial charge in [0, 0.05) is 36.1 Å². The van der Waals surface area contributed by atoms with Gasteiger partial charge in [-0.2, -0.15) is 0 Å². The van der Waals surface area contributed by atoms with E-state index in [2.05, 4.69) is 77.0 Å². The molecule has 2 atom stereocenters. The Hall–Kier alpha value is -3.72. The van der Waals surface area contributed by atoms with Crippen molar-refractivity contribution >= 4 is 46.2 Å². The number of thiocarbonyl (C=S) groups is 1. The van der Waals surface area contributed by atoms with Crippen LogP contribution in [0.2, 0.25) is 5.02 Å². The first-order valence-electron chi connectivity index (χ1n) is 13.0. The maximum Gasteiger partial charge on any atom is 0.250 e. The van der Waals surface area contributed by atoms with Gasteiger partial charge in [0.1, 0.15) is 6.61 Å². The summed E-state index contributed by atoms with van der Waals surface area (Å²) in [6.45, 7) is 8.46. The Morgan fingerprint density at radius 2 is 1.80 bits per heavy atom. The normalized spacial score (nSPS) is 16.8. The van der Waals surface area contributed by atoms with Crippen molar-refractivity contribution in [3.63, 3.8) is 0 Å². The predicted octanol–water partition coefficient (Wildman–Crippen LogP) is 6.52. The first-order chi connectivity index (χ1) is 19.2. The van der Waals surface area contributed by atoms with Crippen molar-refractivity contribution in [1.82, 2.24) is 14.9 Å². The van der Waals surface area contributed by atoms with Gasteiger partial charge in [-0.25, -0.2) is 0 Å². The fraction of sp³-hybridized carbons (Fsp3) is 0.258. The van der Waals surface area contributed by atoms with Gasteiger partial charge in [-0.05, 0) is 105 Å². The lowest BCUT2D eigenvalue weighted by molar-refractivity contribution is -0.119. The molecule has 0 saturated carbocycles. The summed E-state index contributed by atoms with van der Waals surface area (Å²) in [5.41, 5.74) is 9.16. The van der Waals surface area contributed by atoms with Gasteiger partial charge >= 0.3 is 0 Å². The van der Waals surface area contributed by atoms with Gasteiger partial charge in [0.15, 0.2) is 5.11 Å². The summed E-state index contributed by atoms with van der Waals surface area (Å²) in [5.74, 6) is -0.276. The standard InChI is InChI=1S/C31H32ClN5O2S/c1-18-12-19(2)14-23(13-18)36-20(3)15-24(21(36)4)30-29(27-8-6-7-11-33-27)35-31(40)37(30)22-9-10-26(25(32)16-22)34-28(38)17-39-5/h6-16,29-30H,17H2,1-5H3,(H,34,38)(H,35,40)/t29-,30-/m1/s1. The average Bonchev–Trinajstić information content (AvgIpc) is 3.40. The lowest BCUT2D eigenvalue weighted by atomic mass is 9.96. The number of aryl methyl sites for hydroxylation is 3. The molecule has 5 rings (SSSR count). The molecule has 2 aromatic carbocycles. The van der Waals surface area contributed by atoms with E-state index in [1.54, 1.807) is 12.3 Å². The van der Waals surface area contributed by atoms with Crippen LogP contribution in [0.4, 0.5) is 11.4 Å². The number of amides is 1. The molecule has 9 heteroatoms. The molecule has 40 heavy (non-hydrogen) atoms. The van der Waals surface area contributed by atoms with E-state index in [0.29, 0.717) is 15.8 Å². The third kappa shape index (κ3) is 5.35. The van der Waals surface area contributed by atoms with Crippen molar-refractivity contribution < 1.29 is 9.53 Å². The molecule has 0 spiro atoms. The van der Waals surface area contributed by atoms with Gasteiger partial charge in [0.2, 0.25) is 5.91 Å². The number of hydrogen-bond donors (Lipinski definition) is 2. The highest BCUT2D eigenvalue weighted by Crippen LogP contribution is 2.44. The highest BCUT2D eigenvalue weighted by atomic mass is 35.5. The van der Waals surface area contributed by atoms with E-state index in [1.165, 1.54) is 18.2 Å². The zero-order chi connectivity index (χ0) is 28.6. The van der Waals surface area contributed by atoms with E-state index < -0.39 is 0 Å². The van der Waals surface area contributed by atoms with Crippen LogP contribution in [0.15, 0.2) is 66.9 Å². The van der Waals surface area contributed by atoms with Crippen molar-refractivity contribution in [1.29, 1.82) is 0 Å². The van der Waals surface area contributed by atoms with Crippen LogP contribution in [-0.2, 0) is 9.53 Å². The molecular formula is C31H32ClN5O2S. The predicted molar refractivity (Wildman–Crippen MR) is 165 cm³/mol. The van der Waals surface area contributed by atoms with Crippen LogP contribution in [0, 0.1) is 27.7 Å². The van der Waals surface area contributed by atoms with E-state index in [9.17, 15) is 4.79 Å². The van der Waals surface area contributed by atoms with E-state index in [-0.39, 0.29) is 24.6 Å². The Labute approximate surface area is 245 Å². The van der Waals surface area contributed by atoms with Crippen LogP contribution >= 0.6 is 23.8 Å². The van der Waals surface area contributed by atoms with E-state index in [4.69, 9.17) is 28.6 Å². The molecule has 1 amide bonds. The number of pyridine rings is 1. The molecule has 2 aromatic heterocycles. The van der Waals surface area contributed by atoms with Crippen LogP contribution in [0.1, 0.15) is 45.9 Å². The minimum atomic E-state index is -0.276. The molecule has 0 radical (unpaired) electrons. The van der Waals surface area contributed by atoms with E-state index in [1.807, 2.05) is 30.3 Å². The zero-order valence-electron chi connectivity index (χ0n) is 23.2. The molecule has 7 nitrogen and oxygen atoms in total. The van der Waals surface area contributed by atoms with Gasteiger partial charge in [0.25, 0.3) is 0 Å². The lowest BCUT2D eigenvalue weighted by Gasteiger charge is -2.28. The van der Waals surface area contributed by atoms with Crippen LogP contribution in [0.3, 0.4) is 0 Å². The molecule has 1 fully saturated rings. The summed E-state index contributed by atoms with van der Waals surface area (Å²) < 4.78 is 7.22. The number of carbonyl (C=O) groups is 1. The first kappa shape index (κ1) is 27.8. The minimum Gasteiger partial charge on any atom is -0.375 e. The number of carbonyl (C=O) groups excluding carboxylic acids is 1. The number of nitrogens with one attached hydrogen (secondary N) is 2. The van der Waals surface area contributed by atoms with Gasteiger partial charge < -0.3 is 24.8 Å². The molecular weight excluding hydrogens is 542 g/mol. The number of aromatic nitrogens is 2. The molecule has 2 N–H and O–H groups in total. The van der Waals surface area contributed by atoms with Gasteiger partial charge in [-0.3, -0.25) is 9.78 Å². The topological polar surface area (TPSA) is 71.4 Å². The minimum absolute atomic E-state index is 0.0535. The zero-order valence-corrected chi connectivity index (χ0v) is 24.7. The molecule has 1 aliphatic heterocycles. The van der Waals surface area contributed by atoms with Crippen LogP contribution < -0.4 is 15.5 Å². The second kappa shape index (κ2) is 11.4. The third-order valence-corrected chi connectivity index (χ3v) is 7.76. The van der Waals surface area contributed by atoms with Crippen LogP contribution in [0.25, 0.3) is 5.69 Å². The van der Waals surface area contributed by atoms with E-state index >= 15 is 0 Å². The highest BCUT2D eigenvalue weighted by Gasteiger charge is 2.42. The number of halogens is 1. The molecule has 3 heterocycles. The second-order valence-electron chi connectivity index (χ2n) is 10.1. The number of rotatable bonds is 7. The second-order valence-corrected chi connectivity index (χ2v) is 10.9. The Kier molecular flexibility index (Phi) is 7.94. The maximum atomic E-state index is 12.1. The summed E-state index contributed by atoms with van der Waals surface area (Å²) >= 11 is 12.6. The number of ether oxygens (including phenoxy) is 1. The monoisotopic (exact) mass is 573 g/mol. The lowest BCUT2D eigenvalue weighted by Crippen LogP contribution is -2.29. The molecule has 206 valence electrons. The van der Waals surface area contributed by atoms with Crippen molar-refractivity contribution in [2.24, 2.45) is 0 Å². The largest absolute Gasteiger partial charge is 0.375 e. The summed E-state index contributed by atoms with van der Waals surface area (Å²) in [7, 11) is 1.47. The summed E-state index contributed by atoms with van der Waals surface area (Å²) in [5, 5.41) is 7.29. The molecule has 1 aliphatic rings. The van der Waals surface area contributed by atoms with Gasteiger partial charge in [0.05, 0.1) is 28.5 Å². The number of benzene rings is 2. The van der Waals surface area contributed by atoms with E-state index in [0.717, 1.165) is 34.0 Å². The summed E-state index contributed by atoms with van der Waals surface area (Å²) in [6.07, 6.45) is 1.80. The Morgan fingerprint density at radius 3 is 2.45 bits per heavy atom.